The normalized spacial score (nSPS) is 23.6. The lowest BCUT2D eigenvalue weighted by atomic mass is 9.88. The number of hydrogen-bond acceptors (Lipinski definition) is 4. The Morgan fingerprint density at radius 3 is 2.30 bits per heavy atom. The van der Waals surface area contributed by atoms with E-state index >= 15 is 0 Å². The molecular weight excluding hydrogens is 385 g/mol. The minimum atomic E-state index is -1.19. The molecule has 0 aromatic heterocycles. The van der Waals surface area contributed by atoms with Crippen molar-refractivity contribution >= 4 is 24.1 Å². The molecule has 0 bridgehead atoms. The van der Waals surface area contributed by atoms with E-state index < -0.39 is 40.8 Å². The number of hydrogen-bond donors (Lipinski definition) is 1. The van der Waals surface area contributed by atoms with Crippen molar-refractivity contribution in [2.24, 2.45) is 5.92 Å². The highest BCUT2D eigenvalue weighted by molar-refractivity contribution is 5.98. The third-order valence-electron chi connectivity index (χ3n) is 5.01. The lowest BCUT2D eigenvalue weighted by Gasteiger charge is -2.37. The third kappa shape index (κ3) is 4.62. The van der Waals surface area contributed by atoms with Crippen LogP contribution in [0.4, 0.5) is 13.2 Å². The fourth-order valence-electron chi connectivity index (χ4n) is 3.55. The number of amides is 1. The van der Waals surface area contributed by atoms with Crippen molar-refractivity contribution in [1.29, 1.82) is 0 Å². The SMILES string of the molecule is C[C@H]1OCCN[C@@H]1C(=O)N1CCC(C(=O)c2c(F)cc(F)cc2F)CC1.Cl. The van der Waals surface area contributed by atoms with E-state index in [4.69, 9.17) is 4.74 Å². The highest BCUT2D eigenvalue weighted by atomic mass is 35.5. The summed E-state index contributed by atoms with van der Waals surface area (Å²) < 4.78 is 46.1. The molecule has 2 aliphatic heterocycles. The van der Waals surface area contributed by atoms with Gasteiger partial charge in [-0.1, -0.05) is 0 Å². The predicted molar refractivity (Wildman–Crippen MR) is 94.4 cm³/mol. The molecule has 2 atom stereocenters. The topological polar surface area (TPSA) is 58.6 Å². The van der Waals surface area contributed by atoms with Crippen LogP contribution in [0.15, 0.2) is 12.1 Å². The number of Topliss-reactive ketones (excluding diaryl/α,β-unsaturated/α-hetero) is 1. The van der Waals surface area contributed by atoms with E-state index in [1.54, 1.807) is 4.90 Å². The van der Waals surface area contributed by atoms with E-state index in [0.717, 1.165) is 0 Å². The summed E-state index contributed by atoms with van der Waals surface area (Å²) in [7, 11) is 0. The maximum Gasteiger partial charge on any atom is 0.242 e. The molecule has 2 heterocycles. The van der Waals surface area contributed by atoms with Gasteiger partial charge < -0.3 is 15.0 Å². The molecule has 5 nitrogen and oxygen atoms in total. The summed E-state index contributed by atoms with van der Waals surface area (Å²) in [5, 5.41) is 3.13. The first-order chi connectivity index (χ1) is 12.4. The summed E-state index contributed by atoms with van der Waals surface area (Å²) >= 11 is 0. The molecule has 0 unspecified atom stereocenters. The van der Waals surface area contributed by atoms with Crippen molar-refractivity contribution in [3.63, 3.8) is 0 Å². The number of rotatable bonds is 3. The number of nitrogens with zero attached hydrogens (tertiary/aromatic N) is 1. The fourth-order valence-corrected chi connectivity index (χ4v) is 3.55. The molecule has 2 aliphatic rings. The van der Waals surface area contributed by atoms with Crippen LogP contribution in [0.25, 0.3) is 0 Å². The molecule has 3 rings (SSSR count). The van der Waals surface area contributed by atoms with E-state index in [9.17, 15) is 22.8 Å². The van der Waals surface area contributed by atoms with Gasteiger partial charge in [-0.15, -0.1) is 12.4 Å². The van der Waals surface area contributed by atoms with Crippen LogP contribution in [-0.2, 0) is 9.53 Å². The minimum Gasteiger partial charge on any atom is -0.375 e. The third-order valence-corrected chi connectivity index (χ3v) is 5.01. The molecule has 1 aromatic carbocycles. The molecule has 2 fully saturated rings. The Balaban J connectivity index is 0.00000261. The average Bonchev–Trinajstić information content (AvgIpc) is 2.61. The number of likely N-dealkylation sites (tertiary alicyclic amines) is 1. The van der Waals surface area contributed by atoms with Gasteiger partial charge in [-0.2, -0.15) is 0 Å². The molecule has 27 heavy (non-hydrogen) atoms. The predicted octanol–water partition coefficient (Wildman–Crippen LogP) is 2.32. The number of nitrogens with one attached hydrogen (secondary N) is 1. The van der Waals surface area contributed by atoms with E-state index in [0.29, 0.717) is 51.2 Å². The number of ketones is 1. The van der Waals surface area contributed by atoms with Crippen LogP contribution in [0, 0.1) is 23.4 Å². The van der Waals surface area contributed by atoms with Gasteiger partial charge in [-0.05, 0) is 19.8 Å². The molecule has 1 amide bonds. The van der Waals surface area contributed by atoms with Gasteiger partial charge in [0, 0.05) is 37.7 Å². The number of carbonyl (C=O) groups excluding carboxylic acids is 2. The van der Waals surface area contributed by atoms with Gasteiger partial charge in [0.25, 0.3) is 0 Å². The fraction of sp³-hybridized carbons (Fsp3) is 0.556. The minimum absolute atomic E-state index is 0. The molecule has 0 aliphatic carbocycles. The van der Waals surface area contributed by atoms with Crippen LogP contribution in [0.5, 0.6) is 0 Å². The number of piperidine rings is 1. The van der Waals surface area contributed by atoms with Crippen LogP contribution in [0.2, 0.25) is 0 Å². The zero-order valence-electron chi connectivity index (χ0n) is 14.8. The maximum atomic E-state index is 13.8. The summed E-state index contributed by atoms with van der Waals surface area (Å²) in [6.45, 7) is 3.62. The second-order valence-corrected chi connectivity index (χ2v) is 6.72. The van der Waals surface area contributed by atoms with Crippen LogP contribution in [0.1, 0.15) is 30.1 Å². The number of carbonyl (C=O) groups is 2. The first kappa shape index (κ1) is 21.7. The number of ether oxygens (including phenoxy) is 1. The number of benzene rings is 1. The summed E-state index contributed by atoms with van der Waals surface area (Å²) in [6.07, 6.45) is 0.379. The lowest BCUT2D eigenvalue weighted by Crippen LogP contribution is -2.57. The molecular formula is C18H22ClF3N2O3. The van der Waals surface area contributed by atoms with Crippen LogP contribution < -0.4 is 5.32 Å². The van der Waals surface area contributed by atoms with Crippen molar-refractivity contribution < 1.29 is 27.5 Å². The first-order valence-corrected chi connectivity index (χ1v) is 8.71. The van der Waals surface area contributed by atoms with Crippen molar-refractivity contribution in [3.8, 4) is 0 Å². The zero-order chi connectivity index (χ0) is 18.8. The monoisotopic (exact) mass is 406 g/mol. The van der Waals surface area contributed by atoms with Crippen LogP contribution in [-0.4, -0.2) is 55.0 Å². The average molecular weight is 407 g/mol. The van der Waals surface area contributed by atoms with Gasteiger partial charge in [0.15, 0.2) is 5.78 Å². The van der Waals surface area contributed by atoms with Gasteiger partial charge >= 0.3 is 0 Å². The molecule has 150 valence electrons. The quantitative estimate of drug-likeness (QED) is 0.783. The van der Waals surface area contributed by atoms with Crippen molar-refractivity contribution in [1.82, 2.24) is 10.2 Å². The van der Waals surface area contributed by atoms with Gasteiger partial charge in [0.05, 0.1) is 18.3 Å². The van der Waals surface area contributed by atoms with Gasteiger partial charge in [0.1, 0.15) is 23.5 Å². The number of morpholine rings is 1. The Bertz CT molecular complexity index is 688. The van der Waals surface area contributed by atoms with Crippen LogP contribution in [0.3, 0.4) is 0 Å². The second kappa shape index (κ2) is 9.03. The second-order valence-electron chi connectivity index (χ2n) is 6.72. The summed E-state index contributed by atoms with van der Waals surface area (Å²) in [4.78, 5) is 26.7. The largest absolute Gasteiger partial charge is 0.375 e. The molecule has 1 N–H and O–H groups in total. The summed E-state index contributed by atoms with van der Waals surface area (Å²) in [5.74, 6) is -4.82. The van der Waals surface area contributed by atoms with E-state index in [-0.39, 0.29) is 24.4 Å². The Kier molecular flexibility index (Phi) is 7.25. The van der Waals surface area contributed by atoms with Crippen molar-refractivity contribution in [2.45, 2.75) is 31.9 Å². The molecule has 0 spiro atoms. The Morgan fingerprint density at radius 1 is 1.15 bits per heavy atom. The van der Waals surface area contributed by atoms with E-state index in [1.165, 1.54) is 0 Å². The molecule has 0 radical (unpaired) electrons. The summed E-state index contributed by atoms with van der Waals surface area (Å²) in [6, 6.07) is 0.582. The van der Waals surface area contributed by atoms with Gasteiger partial charge in [-0.3, -0.25) is 9.59 Å². The zero-order valence-corrected chi connectivity index (χ0v) is 15.7. The Morgan fingerprint density at radius 2 is 1.74 bits per heavy atom. The van der Waals surface area contributed by atoms with Crippen molar-refractivity contribution in [2.75, 3.05) is 26.2 Å². The van der Waals surface area contributed by atoms with Gasteiger partial charge in [-0.25, -0.2) is 13.2 Å². The Hall–Kier alpha value is -1.64. The molecule has 0 saturated carbocycles. The van der Waals surface area contributed by atoms with Crippen molar-refractivity contribution in [3.05, 3.63) is 35.1 Å². The molecule has 2 saturated heterocycles. The smallest absolute Gasteiger partial charge is 0.242 e. The highest BCUT2D eigenvalue weighted by Crippen LogP contribution is 2.26. The van der Waals surface area contributed by atoms with Crippen LogP contribution >= 0.6 is 12.4 Å². The van der Waals surface area contributed by atoms with E-state index in [2.05, 4.69) is 5.32 Å². The molecule has 1 aromatic rings. The highest BCUT2D eigenvalue weighted by Gasteiger charge is 2.36. The van der Waals surface area contributed by atoms with Gasteiger partial charge in [0.2, 0.25) is 5.91 Å². The summed E-state index contributed by atoms with van der Waals surface area (Å²) in [5.41, 5.74) is -0.702. The Labute approximate surface area is 161 Å². The molecule has 9 heteroatoms. The maximum absolute atomic E-state index is 13.8. The number of halogens is 4. The first-order valence-electron chi connectivity index (χ1n) is 8.71. The lowest BCUT2D eigenvalue weighted by molar-refractivity contribution is -0.140. The van der Waals surface area contributed by atoms with E-state index in [1.807, 2.05) is 6.92 Å². The standard InChI is InChI=1S/C18H21F3N2O3.ClH/c1-10-16(22-4-7-26-10)18(25)23-5-2-11(3-6-23)17(24)15-13(20)8-12(19)9-14(15)21;/h8-11,16,22H,2-7H2,1H3;1H/t10-,16+;/m1./s1.